The van der Waals surface area contributed by atoms with Gasteiger partial charge in [-0.1, -0.05) is 43.2 Å². The van der Waals surface area contributed by atoms with Gasteiger partial charge in [-0.25, -0.2) is 0 Å². The van der Waals surface area contributed by atoms with Crippen LogP contribution in [0.25, 0.3) is 0 Å². The first-order chi connectivity index (χ1) is 9.70. The van der Waals surface area contributed by atoms with Crippen LogP contribution in [-0.4, -0.2) is 24.7 Å². The normalized spacial score (nSPS) is 28.6. The number of carbonyl (C=O) groups is 1. The van der Waals surface area contributed by atoms with Crippen LogP contribution in [0.1, 0.15) is 44.6 Å². The summed E-state index contributed by atoms with van der Waals surface area (Å²) >= 11 is 0. The molecule has 3 nitrogen and oxygen atoms in total. The van der Waals surface area contributed by atoms with E-state index in [4.69, 9.17) is 4.74 Å². The Labute approximate surface area is 120 Å². The molecule has 2 atom stereocenters. The maximum atomic E-state index is 11.7. The first kappa shape index (κ1) is 13.6. The Hall–Kier alpha value is -1.35. The molecular formula is C17H23NO2. The highest BCUT2D eigenvalue weighted by molar-refractivity contribution is 5.77. The summed E-state index contributed by atoms with van der Waals surface area (Å²) < 4.78 is 5.23. The minimum Gasteiger partial charge on any atom is -0.461 e. The molecule has 1 saturated heterocycles. The second-order valence-electron chi connectivity index (χ2n) is 6.27. The highest BCUT2D eigenvalue weighted by Gasteiger charge is 2.38. The largest absolute Gasteiger partial charge is 0.461 e. The maximum Gasteiger partial charge on any atom is 0.323 e. The van der Waals surface area contributed by atoms with E-state index in [0.29, 0.717) is 0 Å². The lowest BCUT2D eigenvalue weighted by atomic mass is 9.78. The monoisotopic (exact) mass is 273 g/mol. The third kappa shape index (κ3) is 2.59. The molecule has 3 rings (SSSR count). The number of carbonyl (C=O) groups excluding carboxylic acids is 1. The van der Waals surface area contributed by atoms with Gasteiger partial charge in [0.15, 0.2) is 0 Å². The molecule has 3 heteroatoms. The van der Waals surface area contributed by atoms with Crippen molar-refractivity contribution in [2.24, 2.45) is 0 Å². The van der Waals surface area contributed by atoms with Crippen LogP contribution in [0, 0.1) is 0 Å². The van der Waals surface area contributed by atoms with Crippen LogP contribution < -0.4 is 5.32 Å². The molecule has 2 aliphatic rings. The van der Waals surface area contributed by atoms with Crippen LogP contribution in [-0.2, 0) is 14.9 Å². The summed E-state index contributed by atoms with van der Waals surface area (Å²) in [5, 5.41) is 3.47. The Bertz CT molecular complexity index is 465. The Morgan fingerprint density at radius 3 is 2.55 bits per heavy atom. The van der Waals surface area contributed by atoms with Crippen molar-refractivity contribution in [1.82, 2.24) is 5.32 Å². The van der Waals surface area contributed by atoms with Crippen LogP contribution in [0.4, 0.5) is 0 Å². The second kappa shape index (κ2) is 5.57. The number of benzene rings is 1. The predicted octanol–water partition coefficient (Wildman–Crippen LogP) is 2.79. The van der Waals surface area contributed by atoms with Crippen molar-refractivity contribution >= 4 is 5.97 Å². The number of ether oxygens (including phenoxy) is 1. The fourth-order valence-electron chi connectivity index (χ4n) is 3.65. The molecule has 108 valence electrons. The van der Waals surface area contributed by atoms with E-state index < -0.39 is 0 Å². The Balaban J connectivity index is 1.71. The van der Waals surface area contributed by atoms with Gasteiger partial charge in [-0.2, -0.15) is 0 Å². The third-order valence-electron chi connectivity index (χ3n) is 4.80. The molecule has 0 radical (unpaired) electrons. The van der Waals surface area contributed by atoms with Gasteiger partial charge in [-0.05, 0) is 25.3 Å². The smallest absolute Gasteiger partial charge is 0.323 e. The summed E-state index contributed by atoms with van der Waals surface area (Å²) in [6.07, 6.45) is 5.83. The molecule has 0 aromatic heterocycles. The SMILES string of the molecule is C[C@@H]1C[C@@H](NCC2(c3ccccc3)CCCC2)C(=O)O1. The predicted molar refractivity (Wildman–Crippen MR) is 78.5 cm³/mol. The van der Waals surface area contributed by atoms with Crippen LogP contribution >= 0.6 is 0 Å². The first-order valence-electron chi connectivity index (χ1n) is 7.69. The zero-order valence-corrected chi connectivity index (χ0v) is 12.1. The minimum atomic E-state index is -0.119. The topological polar surface area (TPSA) is 38.3 Å². The quantitative estimate of drug-likeness (QED) is 0.857. The van der Waals surface area contributed by atoms with Gasteiger partial charge < -0.3 is 10.1 Å². The third-order valence-corrected chi connectivity index (χ3v) is 4.80. The molecule has 0 bridgehead atoms. The van der Waals surface area contributed by atoms with Crippen LogP contribution in [0.15, 0.2) is 30.3 Å². The van der Waals surface area contributed by atoms with E-state index >= 15 is 0 Å². The molecule has 1 N–H and O–H groups in total. The first-order valence-corrected chi connectivity index (χ1v) is 7.69. The lowest BCUT2D eigenvalue weighted by Crippen LogP contribution is -2.43. The average Bonchev–Trinajstić information content (AvgIpc) is 3.05. The second-order valence-corrected chi connectivity index (χ2v) is 6.27. The van der Waals surface area contributed by atoms with Gasteiger partial charge >= 0.3 is 5.97 Å². The van der Waals surface area contributed by atoms with E-state index in [-0.39, 0.29) is 23.5 Å². The van der Waals surface area contributed by atoms with Crippen molar-refractivity contribution in [3.05, 3.63) is 35.9 Å². The molecule has 0 spiro atoms. The van der Waals surface area contributed by atoms with Gasteiger partial charge in [-0.15, -0.1) is 0 Å². The molecule has 0 amide bonds. The summed E-state index contributed by atoms with van der Waals surface area (Å²) in [6, 6.07) is 10.6. The molecule has 2 fully saturated rings. The summed E-state index contributed by atoms with van der Waals surface area (Å²) in [5.41, 5.74) is 1.61. The summed E-state index contributed by atoms with van der Waals surface area (Å²) in [7, 11) is 0. The Morgan fingerprint density at radius 1 is 1.25 bits per heavy atom. The highest BCUT2D eigenvalue weighted by atomic mass is 16.6. The molecule has 1 aliphatic heterocycles. The summed E-state index contributed by atoms with van der Waals surface area (Å²) in [5.74, 6) is -0.0845. The van der Waals surface area contributed by atoms with Crippen LogP contribution in [0.2, 0.25) is 0 Å². The van der Waals surface area contributed by atoms with Gasteiger partial charge in [0.2, 0.25) is 0 Å². The number of esters is 1. The summed E-state index contributed by atoms with van der Waals surface area (Å²) in [4.78, 5) is 11.7. The van der Waals surface area contributed by atoms with E-state index in [0.717, 1.165) is 13.0 Å². The van der Waals surface area contributed by atoms with Crippen molar-refractivity contribution in [2.45, 2.75) is 56.6 Å². The lowest BCUT2D eigenvalue weighted by Gasteiger charge is -2.31. The van der Waals surface area contributed by atoms with Crippen molar-refractivity contribution in [1.29, 1.82) is 0 Å². The summed E-state index contributed by atoms with van der Waals surface area (Å²) in [6.45, 7) is 2.84. The maximum absolute atomic E-state index is 11.7. The van der Waals surface area contributed by atoms with E-state index in [1.165, 1.54) is 31.2 Å². The minimum absolute atomic E-state index is 0.0521. The Kier molecular flexibility index (Phi) is 3.79. The highest BCUT2D eigenvalue weighted by Crippen LogP contribution is 2.40. The van der Waals surface area contributed by atoms with Gasteiger partial charge in [0.05, 0.1) is 0 Å². The molecule has 20 heavy (non-hydrogen) atoms. The van der Waals surface area contributed by atoms with E-state index in [9.17, 15) is 4.79 Å². The van der Waals surface area contributed by atoms with E-state index in [2.05, 4.69) is 35.6 Å². The number of hydrogen-bond donors (Lipinski definition) is 1. The van der Waals surface area contributed by atoms with Gasteiger partial charge in [0, 0.05) is 18.4 Å². The van der Waals surface area contributed by atoms with Crippen molar-refractivity contribution in [2.75, 3.05) is 6.54 Å². The Morgan fingerprint density at radius 2 is 1.95 bits per heavy atom. The molecule has 1 aliphatic carbocycles. The van der Waals surface area contributed by atoms with Crippen LogP contribution in [0.5, 0.6) is 0 Å². The van der Waals surface area contributed by atoms with Gasteiger partial charge in [0.1, 0.15) is 12.1 Å². The molecular weight excluding hydrogens is 250 g/mol. The fourth-order valence-corrected chi connectivity index (χ4v) is 3.65. The average molecular weight is 273 g/mol. The molecule has 1 saturated carbocycles. The standard InChI is InChI=1S/C17H23NO2/c1-13-11-15(16(19)20-13)18-12-17(9-5-6-10-17)14-7-3-2-4-8-14/h2-4,7-8,13,15,18H,5-6,9-12H2,1H3/t13-,15-/m1/s1. The zero-order valence-electron chi connectivity index (χ0n) is 12.1. The van der Waals surface area contributed by atoms with Gasteiger partial charge in [-0.3, -0.25) is 4.79 Å². The van der Waals surface area contributed by atoms with Gasteiger partial charge in [0.25, 0.3) is 0 Å². The molecule has 0 unspecified atom stereocenters. The number of hydrogen-bond acceptors (Lipinski definition) is 3. The molecule has 1 aromatic rings. The fraction of sp³-hybridized carbons (Fsp3) is 0.588. The van der Waals surface area contributed by atoms with Crippen molar-refractivity contribution in [3.63, 3.8) is 0 Å². The van der Waals surface area contributed by atoms with Crippen LogP contribution in [0.3, 0.4) is 0 Å². The van der Waals surface area contributed by atoms with Crippen molar-refractivity contribution < 1.29 is 9.53 Å². The number of nitrogens with one attached hydrogen (secondary N) is 1. The zero-order chi connectivity index (χ0) is 14.0. The lowest BCUT2D eigenvalue weighted by molar-refractivity contribution is -0.142. The van der Waals surface area contributed by atoms with E-state index in [1.54, 1.807) is 0 Å². The van der Waals surface area contributed by atoms with Crippen molar-refractivity contribution in [3.8, 4) is 0 Å². The number of cyclic esters (lactones) is 1. The molecule has 1 aromatic carbocycles. The molecule has 1 heterocycles. The van der Waals surface area contributed by atoms with E-state index in [1.807, 2.05) is 6.92 Å². The number of rotatable bonds is 4.